The molecule has 23 heavy (non-hydrogen) atoms. The second-order valence-electron chi connectivity index (χ2n) is 5.05. The SMILES string of the molecule is O=C([O-])c1[nH]c2ccccc2c1NS(=O)(=O)Cc1ccccc1. The van der Waals surface area contributed by atoms with Crippen LogP contribution in [0.4, 0.5) is 5.69 Å². The molecule has 2 N–H and O–H groups in total. The lowest BCUT2D eigenvalue weighted by Gasteiger charge is -2.10. The fourth-order valence-electron chi connectivity index (χ4n) is 2.39. The molecule has 0 radical (unpaired) electrons. The molecule has 1 aromatic heterocycles. The number of carbonyl (C=O) groups excluding carboxylic acids is 1. The third kappa shape index (κ3) is 3.19. The molecule has 0 bridgehead atoms. The Bertz CT molecular complexity index is 962. The first-order valence-corrected chi connectivity index (χ1v) is 8.48. The number of nitrogens with one attached hydrogen (secondary N) is 2. The predicted octanol–water partition coefficient (Wildman–Crippen LogP) is 1.47. The average molecular weight is 329 g/mol. The molecule has 7 heteroatoms. The van der Waals surface area contributed by atoms with Gasteiger partial charge in [0.1, 0.15) is 0 Å². The monoisotopic (exact) mass is 329 g/mol. The predicted molar refractivity (Wildman–Crippen MR) is 85.3 cm³/mol. The van der Waals surface area contributed by atoms with Crippen molar-refractivity contribution in [3.05, 3.63) is 65.9 Å². The molecule has 1 heterocycles. The van der Waals surface area contributed by atoms with Crippen molar-refractivity contribution in [1.29, 1.82) is 0 Å². The first kappa shape index (κ1) is 15.1. The summed E-state index contributed by atoms with van der Waals surface area (Å²) in [4.78, 5) is 13.9. The van der Waals surface area contributed by atoms with Crippen molar-refractivity contribution in [2.24, 2.45) is 0 Å². The maximum Gasteiger partial charge on any atom is 0.237 e. The molecule has 0 saturated heterocycles. The van der Waals surface area contributed by atoms with Crippen molar-refractivity contribution in [2.75, 3.05) is 4.72 Å². The highest BCUT2D eigenvalue weighted by atomic mass is 32.2. The highest BCUT2D eigenvalue weighted by molar-refractivity contribution is 7.92. The molecule has 0 amide bonds. The zero-order valence-electron chi connectivity index (χ0n) is 11.9. The van der Waals surface area contributed by atoms with Crippen LogP contribution in [0.1, 0.15) is 16.1 Å². The molecular weight excluding hydrogens is 316 g/mol. The van der Waals surface area contributed by atoms with Crippen LogP contribution in [-0.4, -0.2) is 19.4 Å². The number of fused-ring (bicyclic) bond motifs is 1. The number of aromatic nitrogens is 1. The van der Waals surface area contributed by atoms with E-state index in [2.05, 4.69) is 9.71 Å². The molecule has 0 aliphatic rings. The van der Waals surface area contributed by atoms with E-state index in [9.17, 15) is 18.3 Å². The second kappa shape index (κ2) is 5.77. The maximum atomic E-state index is 12.3. The minimum atomic E-state index is -3.77. The molecule has 3 rings (SSSR count). The van der Waals surface area contributed by atoms with Gasteiger partial charge >= 0.3 is 0 Å². The van der Waals surface area contributed by atoms with Gasteiger partial charge in [0.2, 0.25) is 10.0 Å². The standard InChI is InChI=1S/C16H14N2O4S/c19-16(20)15-14(12-8-4-5-9-13(12)17-15)18-23(21,22)10-11-6-2-1-3-7-11/h1-9,17-18H,10H2,(H,19,20)/p-1. The second-order valence-corrected chi connectivity index (χ2v) is 6.78. The fraction of sp³-hybridized carbons (Fsp3) is 0.0625. The van der Waals surface area contributed by atoms with Crippen LogP contribution in [0, 0.1) is 0 Å². The number of hydrogen-bond acceptors (Lipinski definition) is 4. The lowest BCUT2D eigenvalue weighted by molar-refractivity contribution is -0.255. The summed E-state index contributed by atoms with van der Waals surface area (Å²) in [6.45, 7) is 0. The highest BCUT2D eigenvalue weighted by Gasteiger charge is 2.18. The van der Waals surface area contributed by atoms with E-state index in [-0.39, 0.29) is 17.1 Å². The molecule has 0 atom stereocenters. The van der Waals surface area contributed by atoms with Crippen LogP contribution >= 0.6 is 0 Å². The smallest absolute Gasteiger partial charge is 0.237 e. The van der Waals surface area contributed by atoms with Gasteiger partial charge < -0.3 is 14.9 Å². The summed E-state index contributed by atoms with van der Waals surface area (Å²) in [6.07, 6.45) is 0. The van der Waals surface area contributed by atoms with Crippen LogP contribution < -0.4 is 9.83 Å². The van der Waals surface area contributed by atoms with Crippen molar-refractivity contribution in [3.63, 3.8) is 0 Å². The van der Waals surface area contributed by atoms with Crippen molar-refractivity contribution < 1.29 is 18.3 Å². The van der Waals surface area contributed by atoms with E-state index in [0.717, 1.165) is 0 Å². The number of aromatic amines is 1. The Morgan fingerprint density at radius 1 is 1.04 bits per heavy atom. The van der Waals surface area contributed by atoms with Gasteiger partial charge in [0.25, 0.3) is 0 Å². The Morgan fingerprint density at radius 2 is 1.70 bits per heavy atom. The summed E-state index contributed by atoms with van der Waals surface area (Å²) in [7, 11) is -3.77. The zero-order chi connectivity index (χ0) is 16.4. The van der Waals surface area contributed by atoms with Gasteiger partial charge in [-0.1, -0.05) is 48.5 Å². The molecule has 2 aromatic carbocycles. The number of H-pyrrole nitrogens is 1. The number of aromatic carboxylic acids is 1. The topological polar surface area (TPSA) is 102 Å². The minimum Gasteiger partial charge on any atom is -0.543 e. The van der Waals surface area contributed by atoms with E-state index in [1.54, 1.807) is 54.6 Å². The average Bonchev–Trinajstić information content (AvgIpc) is 2.86. The summed E-state index contributed by atoms with van der Waals surface area (Å²) >= 11 is 0. The van der Waals surface area contributed by atoms with Gasteiger partial charge in [0, 0.05) is 10.9 Å². The summed E-state index contributed by atoms with van der Waals surface area (Å²) in [5.41, 5.74) is 0.832. The molecular formula is C16H13N2O4S-. The lowest BCUT2D eigenvalue weighted by atomic mass is 10.2. The van der Waals surface area contributed by atoms with Crippen molar-refractivity contribution in [3.8, 4) is 0 Å². The zero-order valence-corrected chi connectivity index (χ0v) is 12.8. The normalized spacial score (nSPS) is 11.5. The van der Waals surface area contributed by atoms with Crippen molar-refractivity contribution in [1.82, 2.24) is 4.98 Å². The van der Waals surface area contributed by atoms with E-state index in [1.807, 2.05) is 0 Å². The van der Waals surface area contributed by atoms with Gasteiger partial charge in [-0.2, -0.15) is 0 Å². The Kier molecular flexibility index (Phi) is 3.79. The molecule has 3 aromatic rings. The highest BCUT2D eigenvalue weighted by Crippen LogP contribution is 2.28. The molecule has 0 spiro atoms. The first-order chi connectivity index (χ1) is 11.0. The largest absolute Gasteiger partial charge is 0.543 e. The van der Waals surface area contributed by atoms with Crippen LogP contribution in [0.25, 0.3) is 10.9 Å². The fourth-order valence-corrected chi connectivity index (χ4v) is 3.61. The van der Waals surface area contributed by atoms with E-state index >= 15 is 0 Å². The Balaban J connectivity index is 2.00. The van der Waals surface area contributed by atoms with Gasteiger partial charge in [-0.25, -0.2) is 8.42 Å². The number of rotatable bonds is 5. The molecule has 0 aliphatic heterocycles. The lowest BCUT2D eigenvalue weighted by Crippen LogP contribution is -2.25. The quantitative estimate of drug-likeness (QED) is 0.740. The third-order valence-corrected chi connectivity index (χ3v) is 4.60. The van der Waals surface area contributed by atoms with E-state index < -0.39 is 16.0 Å². The number of benzene rings is 2. The maximum absolute atomic E-state index is 12.3. The number of para-hydroxylation sites is 1. The molecule has 0 aliphatic carbocycles. The summed E-state index contributed by atoms with van der Waals surface area (Å²) in [5.74, 6) is -1.72. The number of carboxylic acid groups (broad SMARTS) is 1. The van der Waals surface area contributed by atoms with Crippen LogP contribution in [0.3, 0.4) is 0 Å². The molecule has 0 saturated carbocycles. The third-order valence-electron chi connectivity index (χ3n) is 3.37. The Morgan fingerprint density at radius 3 is 2.39 bits per heavy atom. The molecule has 118 valence electrons. The van der Waals surface area contributed by atoms with Crippen LogP contribution in [0.15, 0.2) is 54.6 Å². The summed E-state index contributed by atoms with van der Waals surface area (Å²) in [5, 5.41) is 11.7. The van der Waals surface area contributed by atoms with Crippen LogP contribution in [0.5, 0.6) is 0 Å². The minimum absolute atomic E-state index is 0.00321. The van der Waals surface area contributed by atoms with Crippen LogP contribution in [0.2, 0.25) is 0 Å². The number of anilines is 1. The molecule has 6 nitrogen and oxygen atoms in total. The van der Waals surface area contributed by atoms with E-state index in [0.29, 0.717) is 16.5 Å². The number of carboxylic acids is 1. The van der Waals surface area contributed by atoms with Gasteiger partial charge in [-0.3, -0.25) is 4.72 Å². The molecule has 0 fully saturated rings. The number of hydrogen-bond donors (Lipinski definition) is 2. The summed E-state index contributed by atoms with van der Waals surface area (Å²) < 4.78 is 27.1. The first-order valence-electron chi connectivity index (χ1n) is 6.83. The van der Waals surface area contributed by atoms with E-state index in [4.69, 9.17) is 0 Å². The number of sulfonamides is 1. The van der Waals surface area contributed by atoms with Gasteiger partial charge in [0.15, 0.2) is 0 Å². The number of carbonyl (C=O) groups is 1. The van der Waals surface area contributed by atoms with Gasteiger partial charge in [0.05, 0.1) is 23.1 Å². The summed E-state index contributed by atoms with van der Waals surface area (Å²) in [6, 6.07) is 15.4. The van der Waals surface area contributed by atoms with Crippen molar-refractivity contribution in [2.45, 2.75) is 5.75 Å². The Hall–Kier alpha value is -2.80. The van der Waals surface area contributed by atoms with Gasteiger partial charge in [-0.15, -0.1) is 0 Å². The molecule has 0 unspecified atom stereocenters. The van der Waals surface area contributed by atoms with Crippen molar-refractivity contribution >= 4 is 32.6 Å². The van der Waals surface area contributed by atoms with Crippen LogP contribution in [-0.2, 0) is 15.8 Å². The van der Waals surface area contributed by atoms with E-state index in [1.165, 1.54) is 0 Å². The van der Waals surface area contributed by atoms with Gasteiger partial charge in [-0.05, 0) is 11.6 Å². The Labute approximate surface area is 132 Å².